The highest BCUT2D eigenvalue weighted by Gasteiger charge is 2.30. The third-order valence-electron chi connectivity index (χ3n) is 6.02. The highest BCUT2D eigenvalue weighted by molar-refractivity contribution is 5.96. The zero-order valence-electron chi connectivity index (χ0n) is 20.2. The number of hydrogen-bond donors (Lipinski definition) is 0. The summed E-state index contributed by atoms with van der Waals surface area (Å²) in [6.07, 6.45) is 1.63. The van der Waals surface area contributed by atoms with E-state index in [4.69, 9.17) is 4.74 Å². The number of ether oxygens (including phenoxy) is 1. The van der Waals surface area contributed by atoms with Crippen LogP contribution in [-0.2, 0) is 4.74 Å². The van der Waals surface area contributed by atoms with Crippen molar-refractivity contribution < 1.29 is 9.53 Å². The average molecular weight is 442 g/mol. The SMILES string of the molecule is CN(C)c1ccc(C(=CC2OC(=O)c3cc(N(C)C)ccc32)c2ccc(N(C)C)cc2)cc1. The lowest BCUT2D eigenvalue weighted by molar-refractivity contribution is 0.0468. The fourth-order valence-electron chi connectivity index (χ4n) is 4.00. The van der Waals surface area contributed by atoms with Gasteiger partial charge in [0.25, 0.3) is 0 Å². The minimum Gasteiger partial charge on any atom is -0.450 e. The lowest BCUT2D eigenvalue weighted by Crippen LogP contribution is -2.09. The Balaban J connectivity index is 1.79. The molecule has 170 valence electrons. The van der Waals surface area contributed by atoms with Crippen LogP contribution < -0.4 is 14.7 Å². The normalized spacial score (nSPS) is 14.4. The summed E-state index contributed by atoms with van der Waals surface area (Å²) in [7, 11) is 12.1. The largest absolute Gasteiger partial charge is 0.450 e. The molecule has 0 aliphatic carbocycles. The molecule has 0 spiro atoms. The van der Waals surface area contributed by atoms with Crippen LogP contribution >= 0.6 is 0 Å². The molecule has 0 aromatic heterocycles. The van der Waals surface area contributed by atoms with Crippen LogP contribution in [-0.4, -0.2) is 48.3 Å². The Labute approximate surface area is 196 Å². The second-order valence-corrected chi connectivity index (χ2v) is 8.95. The number of rotatable bonds is 6. The van der Waals surface area contributed by atoms with E-state index in [1.54, 1.807) is 0 Å². The summed E-state index contributed by atoms with van der Waals surface area (Å²) >= 11 is 0. The number of nitrogens with zero attached hydrogens (tertiary/aromatic N) is 3. The third kappa shape index (κ3) is 4.58. The minimum atomic E-state index is -0.430. The first-order chi connectivity index (χ1) is 15.7. The first-order valence-corrected chi connectivity index (χ1v) is 11.0. The second-order valence-electron chi connectivity index (χ2n) is 8.95. The van der Waals surface area contributed by atoms with Gasteiger partial charge < -0.3 is 19.4 Å². The molecule has 33 heavy (non-hydrogen) atoms. The van der Waals surface area contributed by atoms with Gasteiger partial charge in [0, 0.05) is 64.9 Å². The van der Waals surface area contributed by atoms with Gasteiger partial charge >= 0.3 is 5.97 Å². The summed E-state index contributed by atoms with van der Waals surface area (Å²) in [4.78, 5) is 18.8. The molecule has 0 saturated heterocycles. The quantitative estimate of drug-likeness (QED) is 0.490. The van der Waals surface area contributed by atoms with Gasteiger partial charge in [-0.15, -0.1) is 0 Å². The maximum absolute atomic E-state index is 12.7. The summed E-state index contributed by atoms with van der Waals surface area (Å²) in [6, 6.07) is 22.8. The first kappa shape index (κ1) is 22.5. The Bertz CT molecular complexity index is 1120. The van der Waals surface area contributed by atoms with E-state index in [0.717, 1.165) is 39.3 Å². The summed E-state index contributed by atoms with van der Waals surface area (Å²) < 4.78 is 5.81. The predicted molar refractivity (Wildman–Crippen MR) is 138 cm³/mol. The second kappa shape index (κ2) is 9.02. The van der Waals surface area contributed by atoms with Crippen LogP contribution in [0, 0.1) is 0 Å². The minimum absolute atomic E-state index is 0.278. The molecule has 0 bridgehead atoms. The highest BCUT2D eigenvalue weighted by atomic mass is 16.5. The number of benzene rings is 3. The molecular formula is C28H31N3O2. The van der Waals surface area contributed by atoms with Crippen molar-refractivity contribution >= 4 is 28.6 Å². The molecule has 1 heterocycles. The molecule has 1 unspecified atom stereocenters. The molecule has 0 radical (unpaired) electrons. The van der Waals surface area contributed by atoms with Crippen molar-refractivity contribution in [3.05, 3.63) is 95.1 Å². The zero-order chi connectivity index (χ0) is 23.7. The average Bonchev–Trinajstić information content (AvgIpc) is 3.12. The molecule has 0 saturated carbocycles. The number of esters is 1. The molecule has 0 N–H and O–H groups in total. The third-order valence-corrected chi connectivity index (χ3v) is 6.02. The van der Waals surface area contributed by atoms with Crippen LogP contribution in [0.15, 0.2) is 72.8 Å². The van der Waals surface area contributed by atoms with E-state index >= 15 is 0 Å². The number of carbonyl (C=O) groups excluding carboxylic acids is 1. The number of cyclic esters (lactones) is 1. The van der Waals surface area contributed by atoms with E-state index in [-0.39, 0.29) is 5.97 Å². The van der Waals surface area contributed by atoms with Gasteiger partial charge in [0.15, 0.2) is 0 Å². The highest BCUT2D eigenvalue weighted by Crippen LogP contribution is 2.37. The Morgan fingerprint density at radius 2 is 1.15 bits per heavy atom. The van der Waals surface area contributed by atoms with Gasteiger partial charge in [-0.1, -0.05) is 30.3 Å². The number of carbonyl (C=O) groups is 1. The number of fused-ring (bicyclic) bond motifs is 1. The standard InChI is InChI=1S/C28H31N3O2/c1-29(2)21-11-7-19(8-12-21)25(20-9-13-22(14-10-20)30(3)4)18-27-24-16-15-23(31(5)6)17-26(24)28(32)33-27/h7-18,27H,1-6H3. The molecular weight excluding hydrogens is 410 g/mol. The van der Waals surface area contributed by atoms with Gasteiger partial charge in [-0.25, -0.2) is 4.79 Å². The van der Waals surface area contributed by atoms with Crippen LogP contribution in [0.3, 0.4) is 0 Å². The molecule has 5 nitrogen and oxygen atoms in total. The van der Waals surface area contributed by atoms with Crippen molar-refractivity contribution in [2.24, 2.45) is 0 Å². The van der Waals surface area contributed by atoms with Crippen molar-refractivity contribution in [3.8, 4) is 0 Å². The van der Waals surface area contributed by atoms with E-state index in [0.29, 0.717) is 5.56 Å². The van der Waals surface area contributed by atoms with Gasteiger partial charge in [-0.3, -0.25) is 0 Å². The van der Waals surface area contributed by atoms with Crippen LogP contribution in [0.4, 0.5) is 17.1 Å². The smallest absolute Gasteiger partial charge is 0.339 e. The Morgan fingerprint density at radius 3 is 1.61 bits per heavy atom. The van der Waals surface area contributed by atoms with Crippen LogP contribution in [0.5, 0.6) is 0 Å². The monoisotopic (exact) mass is 441 g/mol. The van der Waals surface area contributed by atoms with Gasteiger partial charge in [-0.2, -0.15) is 0 Å². The van der Waals surface area contributed by atoms with E-state index in [1.807, 2.05) is 65.4 Å². The Kier molecular flexibility index (Phi) is 6.14. The van der Waals surface area contributed by atoms with Gasteiger partial charge in [0.05, 0.1) is 5.56 Å². The van der Waals surface area contributed by atoms with Gasteiger partial charge in [-0.05, 0) is 59.2 Å². The van der Waals surface area contributed by atoms with E-state index in [2.05, 4.69) is 64.4 Å². The first-order valence-electron chi connectivity index (χ1n) is 11.0. The Hall–Kier alpha value is -3.73. The maximum atomic E-state index is 12.7. The van der Waals surface area contributed by atoms with E-state index in [9.17, 15) is 4.79 Å². The molecule has 0 fully saturated rings. The number of hydrogen-bond acceptors (Lipinski definition) is 5. The summed E-state index contributed by atoms with van der Waals surface area (Å²) in [5, 5.41) is 0. The van der Waals surface area contributed by atoms with Gasteiger partial charge in [0.2, 0.25) is 0 Å². The fraction of sp³-hybridized carbons (Fsp3) is 0.250. The molecule has 0 amide bonds. The Morgan fingerprint density at radius 1 is 0.697 bits per heavy atom. The zero-order valence-corrected chi connectivity index (χ0v) is 20.2. The van der Waals surface area contributed by atoms with Crippen molar-refractivity contribution in [1.82, 2.24) is 0 Å². The fourth-order valence-corrected chi connectivity index (χ4v) is 4.00. The van der Waals surface area contributed by atoms with Crippen LogP contribution in [0.25, 0.3) is 5.57 Å². The van der Waals surface area contributed by atoms with Crippen molar-refractivity contribution in [1.29, 1.82) is 0 Å². The molecule has 1 aliphatic heterocycles. The molecule has 1 atom stereocenters. The van der Waals surface area contributed by atoms with Crippen molar-refractivity contribution in [2.45, 2.75) is 6.10 Å². The van der Waals surface area contributed by atoms with Crippen molar-refractivity contribution in [2.75, 3.05) is 57.0 Å². The topological polar surface area (TPSA) is 36.0 Å². The maximum Gasteiger partial charge on any atom is 0.339 e. The van der Waals surface area contributed by atoms with Crippen LogP contribution in [0.1, 0.15) is 33.2 Å². The summed E-state index contributed by atoms with van der Waals surface area (Å²) in [5.41, 5.74) is 7.97. The molecule has 4 rings (SSSR count). The summed E-state index contributed by atoms with van der Waals surface area (Å²) in [5.74, 6) is -0.278. The van der Waals surface area contributed by atoms with E-state index in [1.165, 1.54) is 0 Å². The van der Waals surface area contributed by atoms with Crippen LogP contribution in [0.2, 0.25) is 0 Å². The molecule has 3 aromatic carbocycles. The summed E-state index contributed by atoms with van der Waals surface area (Å²) in [6.45, 7) is 0. The lowest BCUT2D eigenvalue weighted by atomic mass is 9.93. The van der Waals surface area contributed by atoms with Gasteiger partial charge in [0.1, 0.15) is 6.10 Å². The predicted octanol–water partition coefficient (Wildman–Crippen LogP) is 5.23. The molecule has 1 aliphatic rings. The van der Waals surface area contributed by atoms with Crippen molar-refractivity contribution in [3.63, 3.8) is 0 Å². The lowest BCUT2D eigenvalue weighted by Gasteiger charge is -2.17. The molecule has 3 aromatic rings. The van der Waals surface area contributed by atoms with E-state index < -0.39 is 6.10 Å². The molecule has 5 heteroatoms. The number of anilines is 3.